The summed E-state index contributed by atoms with van der Waals surface area (Å²) in [7, 11) is 1.79. The van der Waals surface area contributed by atoms with Crippen molar-refractivity contribution in [2.45, 2.75) is 25.8 Å². The van der Waals surface area contributed by atoms with Crippen molar-refractivity contribution in [2.24, 2.45) is 13.0 Å². The number of hydrogen-bond acceptors (Lipinski definition) is 3. The molecule has 0 aliphatic heterocycles. The normalized spacial score (nSPS) is 16.5. The molecule has 4 heteroatoms. The lowest BCUT2D eigenvalue weighted by Crippen LogP contribution is -2.22. The predicted octanol–water partition coefficient (Wildman–Crippen LogP) is 2.33. The summed E-state index contributed by atoms with van der Waals surface area (Å²) in [5, 5.41) is 4.48. The lowest BCUT2D eigenvalue weighted by atomic mass is 10.1. The number of nitrogens with two attached hydrogens (primary N) is 1. The topological polar surface area (TPSA) is 60.0 Å². The highest BCUT2D eigenvalue weighted by Gasteiger charge is 2.28. The first kappa shape index (κ1) is 12.1. The zero-order valence-electron chi connectivity index (χ0n) is 11.3. The molecule has 0 amide bonds. The molecule has 1 heterocycles. The standard InChI is InChI=1S/C15H19N3O/c1-9(10-3-4-10)17-13-8-15(19)18(2)14-6-5-11(16)7-12(13)14/h5-10,17H,3-4,16H2,1-2H3/t9-/m0/s1. The van der Waals surface area contributed by atoms with E-state index in [0.29, 0.717) is 11.7 Å². The molecule has 1 aliphatic carbocycles. The second-order valence-corrected chi connectivity index (χ2v) is 5.50. The van der Waals surface area contributed by atoms with Crippen molar-refractivity contribution in [3.63, 3.8) is 0 Å². The van der Waals surface area contributed by atoms with Crippen molar-refractivity contribution < 1.29 is 0 Å². The van der Waals surface area contributed by atoms with Crippen molar-refractivity contribution in [2.75, 3.05) is 11.1 Å². The average Bonchev–Trinajstić information content (AvgIpc) is 3.19. The Morgan fingerprint density at radius 3 is 2.79 bits per heavy atom. The number of anilines is 2. The van der Waals surface area contributed by atoms with Gasteiger partial charge in [0.2, 0.25) is 0 Å². The summed E-state index contributed by atoms with van der Waals surface area (Å²) in [4.78, 5) is 12.0. The number of aryl methyl sites for hydroxylation is 1. The van der Waals surface area contributed by atoms with Crippen LogP contribution in [0.15, 0.2) is 29.1 Å². The maximum atomic E-state index is 12.0. The van der Waals surface area contributed by atoms with Crippen LogP contribution >= 0.6 is 0 Å². The summed E-state index contributed by atoms with van der Waals surface area (Å²) >= 11 is 0. The molecule has 0 unspecified atom stereocenters. The van der Waals surface area contributed by atoms with E-state index in [4.69, 9.17) is 5.73 Å². The van der Waals surface area contributed by atoms with E-state index in [-0.39, 0.29) is 5.56 Å². The molecule has 1 atom stereocenters. The molecule has 0 bridgehead atoms. The minimum Gasteiger partial charge on any atom is -0.399 e. The fourth-order valence-electron chi connectivity index (χ4n) is 2.56. The number of benzene rings is 1. The van der Waals surface area contributed by atoms with Crippen molar-refractivity contribution in [1.82, 2.24) is 4.57 Å². The van der Waals surface area contributed by atoms with Gasteiger partial charge in [0.15, 0.2) is 0 Å². The Balaban J connectivity index is 2.13. The van der Waals surface area contributed by atoms with E-state index in [1.807, 2.05) is 18.2 Å². The Morgan fingerprint density at radius 2 is 2.11 bits per heavy atom. The third kappa shape index (κ3) is 2.18. The molecular weight excluding hydrogens is 238 g/mol. The highest BCUT2D eigenvalue weighted by atomic mass is 16.1. The third-order valence-electron chi connectivity index (χ3n) is 3.98. The minimum absolute atomic E-state index is 0.00256. The van der Waals surface area contributed by atoms with Gasteiger partial charge >= 0.3 is 0 Å². The maximum absolute atomic E-state index is 12.0. The summed E-state index contributed by atoms with van der Waals surface area (Å²) in [6, 6.07) is 7.73. The quantitative estimate of drug-likeness (QED) is 0.830. The summed E-state index contributed by atoms with van der Waals surface area (Å²) < 4.78 is 1.65. The van der Waals surface area contributed by atoms with Crippen LogP contribution in [0.1, 0.15) is 19.8 Å². The lowest BCUT2D eigenvalue weighted by molar-refractivity contribution is 0.694. The Morgan fingerprint density at radius 1 is 1.37 bits per heavy atom. The molecular formula is C15H19N3O. The van der Waals surface area contributed by atoms with E-state index in [1.165, 1.54) is 12.8 Å². The Kier molecular flexibility index (Phi) is 2.73. The van der Waals surface area contributed by atoms with E-state index in [1.54, 1.807) is 17.7 Å². The molecule has 1 aliphatic rings. The van der Waals surface area contributed by atoms with Crippen molar-refractivity contribution in [3.8, 4) is 0 Å². The average molecular weight is 257 g/mol. The molecule has 1 saturated carbocycles. The number of aromatic nitrogens is 1. The molecule has 1 aromatic carbocycles. The lowest BCUT2D eigenvalue weighted by Gasteiger charge is -2.17. The molecule has 3 rings (SSSR count). The third-order valence-corrected chi connectivity index (χ3v) is 3.98. The van der Waals surface area contributed by atoms with Crippen LogP contribution in [-0.2, 0) is 7.05 Å². The number of fused-ring (bicyclic) bond motifs is 1. The summed E-state index contributed by atoms with van der Waals surface area (Å²) in [6.07, 6.45) is 2.55. The van der Waals surface area contributed by atoms with Crippen molar-refractivity contribution in [3.05, 3.63) is 34.6 Å². The van der Waals surface area contributed by atoms with Crippen molar-refractivity contribution in [1.29, 1.82) is 0 Å². The van der Waals surface area contributed by atoms with Crippen LogP contribution in [0.5, 0.6) is 0 Å². The van der Waals surface area contributed by atoms with Crippen LogP contribution in [0.3, 0.4) is 0 Å². The summed E-state index contributed by atoms with van der Waals surface area (Å²) in [6.45, 7) is 2.17. The van der Waals surface area contributed by atoms with Gasteiger partial charge in [-0.15, -0.1) is 0 Å². The van der Waals surface area contributed by atoms with E-state index in [0.717, 1.165) is 22.5 Å². The number of rotatable bonds is 3. The van der Waals surface area contributed by atoms with Gasteiger partial charge in [-0.05, 0) is 43.9 Å². The smallest absolute Gasteiger partial charge is 0.252 e. The molecule has 1 aromatic heterocycles. The van der Waals surface area contributed by atoms with Gasteiger partial charge in [-0.25, -0.2) is 0 Å². The fraction of sp³-hybridized carbons (Fsp3) is 0.400. The Labute approximate surface area is 112 Å². The van der Waals surface area contributed by atoms with Crippen LogP contribution in [0.4, 0.5) is 11.4 Å². The van der Waals surface area contributed by atoms with Crippen LogP contribution in [0.25, 0.3) is 10.9 Å². The number of pyridine rings is 1. The van der Waals surface area contributed by atoms with Crippen LogP contribution < -0.4 is 16.6 Å². The highest BCUT2D eigenvalue weighted by molar-refractivity contribution is 5.93. The first-order chi connectivity index (χ1) is 9.06. The van der Waals surface area contributed by atoms with Crippen LogP contribution in [0.2, 0.25) is 0 Å². The van der Waals surface area contributed by atoms with E-state index >= 15 is 0 Å². The minimum atomic E-state index is 0.00256. The number of nitrogens with one attached hydrogen (secondary N) is 1. The van der Waals surface area contributed by atoms with Crippen LogP contribution in [-0.4, -0.2) is 10.6 Å². The zero-order chi connectivity index (χ0) is 13.6. The molecule has 2 aromatic rings. The van der Waals surface area contributed by atoms with Gasteiger partial charge < -0.3 is 15.6 Å². The largest absolute Gasteiger partial charge is 0.399 e. The molecule has 100 valence electrons. The summed E-state index contributed by atoms with van der Waals surface area (Å²) in [5.74, 6) is 0.736. The number of nitrogen functional groups attached to an aromatic ring is 1. The van der Waals surface area contributed by atoms with Crippen LogP contribution in [0, 0.1) is 5.92 Å². The highest BCUT2D eigenvalue weighted by Crippen LogP contribution is 2.35. The molecule has 4 nitrogen and oxygen atoms in total. The molecule has 1 fully saturated rings. The molecule has 19 heavy (non-hydrogen) atoms. The van der Waals surface area contributed by atoms with Gasteiger partial charge in [0.25, 0.3) is 5.56 Å². The molecule has 0 saturated heterocycles. The monoisotopic (exact) mass is 257 g/mol. The molecule has 0 radical (unpaired) electrons. The van der Waals surface area contributed by atoms with Gasteiger partial charge in [-0.2, -0.15) is 0 Å². The second-order valence-electron chi connectivity index (χ2n) is 5.50. The Hall–Kier alpha value is -1.97. The number of hydrogen-bond donors (Lipinski definition) is 2. The summed E-state index contributed by atoms with van der Waals surface area (Å²) in [5.41, 5.74) is 8.39. The van der Waals surface area contributed by atoms with Gasteiger partial charge in [-0.3, -0.25) is 4.79 Å². The zero-order valence-corrected chi connectivity index (χ0v) is 11.3. The second kappa shape index (κ2) is 4.30. The predicted molar refractivity (Wildman–Crippen MR) is 79.4 cm³/mol. The van der Waals surface area contributed by atoms with Gasteiger partial charge in [-0.1, -0.05) is 0 Å². The molecule has 0 spiro atoms. The Bertz CT molecular complexity index is 686. The van der Waals surface area contributed by atoms with Gasteiger partial charge in [0.1, 0.15) is 0 Å². The van der Waals surface area contributed by atoms with E-state index < -0.39 is 0 Å². The number of nitrogens with zero attached hydrogens (tertiary/aromatic N) is 1. The fourth-order valence-corrected chi connectivity index (χ4v) is 2.56. The SMILES string of the molecule is C[C@H](Nc1cc(=O)n(C)c2ccc(N)cc12)C1CC1. The van der Waals surface area contributed by atoms with Gasteiger partial charge in [0.05, 0.1) is 5.52 Å². The first-order valence-electron chi connectivity index (χ1n) is 6.72. The van der Waals surface area contributed by atoms with E-state index in [9.17, 15) is 4.79 Å². The van der Waals surface area contributed by atoms with Crippen molar-refractivity contribution >= 4 is 22.3 Å². The van der Waals surface area contributed by atoms with E-state index in [2.05, 4.69) is 12.2 Å². The maximum Gasteiger partial charge on any atom is 0.252 e. The molecule has 3 N–H and O–H groups in total. The van der Waals surface area contributed by atoms with Gasteiger partial charge in [0, 0.05) is 35.9 Å². The first-order valence-corrected chi connectivity index (χ1v) is 6.72.